The summed E-state index contributed by atoms with van der Waals surface area (Å²) in [5.74, 6) is 0.930. The molecule has 0 amide bonds. The zero-order chi connectivity index (χ0) is 35.6. The van der Waals surface area contributed by atoms with Gasteiger partial charge in [0, 0.05) is 49.4 Å². The Morgan fingerprint density at radius 1 is 0.315 bits per heavy atom. The van der Waals surface area contributed by atoms with Crippen LogP contribution in [0.15, 0.2) is 194 Å². The Hall–Kier alpha value is -7.30. The molecule has 0 unspecified atom stereocenters. The van der Waals surface area contributed by atoms with Crippen LogP contribution in [0.4, 0.5) is 0 Å². The molecule has 252 valence electrons. The van der Waals surface area contributed by atoms with Gasteiger partial charge >= 0.3 is 0 Å². The van der Waals surface area contributed by atoms with Crippen LogP contribution in [0.1, 0.15) is 0 Å². The van der Waals surface area contributed by atoms with Crippen molar-refractivity contribution in [1.82, 2.24) is 19.1 Å². The highest BCUT2D eigenvalue weighted by Gasteiger charge is 2.20. The number of para-hydroxylation sites is 6. The molecule has 54 heavy (non-hydrogen) atoms. The number of aromatic nitrogens is 4. The van der Waals surface area contributed by atoms with Crippen molar-refractivity contribution in [3.8, 4) is 45.1 Å². The number of pyridine rings is 1. The van der Waals surface area contributed by atoms with Crippen molar-refractivity contribution in [1.29, 1.82) is 0 Å². The van der Waals surface area contributed by atoms with E-state index in [1.807, 2.05) is 12.1 Å². The third-order valence-corrected chi connectivity index (χ3v) is 10.7. The Kier molecular flexibility index (Phi) is 6.82. The lowest BCUT2D eigenvalue weighted by atomic mass is 9.96. The van der Waals surface area contributed by atoms with Gasteiger partial charge in [-0.05, 0) is 59.7 Å². The fraction of sp³-hybridized carbons (Fsp3) is 0. The van der Waals surface area contributed by atoms with Gasteiger partial charge in [-0.3, -0.25) is 4.57 Å². The SMILES string of the molecule is c1ccc(-n2c(-c3ccc(-c4ccc(-c5nc6ccccc6c6c5ccc5c7ccccc7n(-c7ccccc7)c56)cc4)cc3)nc3ccccc32)cc1. The van der Waals surface area contributed by atoms with Gasteiger partial charge in [0.25, 0.3) is 0 Å². The largest absolute Gasteiger partial charge is 0.309 e. The van der Waals surface area contributed by atoms with Crippen molar-refractivity contribution in [2.24, 2.45) is 0 Å². The molecule has 8 aromatic carbocycles. The highest BCUT2D eigenvalue weighted by atomic mass is 15.1. The zero-order valence-electron chi connectivity index (χ0n) is 29.3. The summed E-state index contributed by atoms with van der Waals surface area (Å²) in [6.45, 7) is 0. The number of benzene rings is 8. The summed E-state index contributed by atoms with van der Waals surface area (Å²) in [6, 6.07) is 68.9. The molecule has 11 rings (SSSR count). The van der Waals surface area contributed by atoms with Gasteiger partial charge in [0.1, 0.15) is 5.82 Å². The molecule has 0 saturated carbocycles. The molecule has 11 aromatic rings. The number of nitrogens with zero attached hydrogens (tertiary/aromatic N) is 4. The molecule has 0 aliphatic heterocycles. The maximum Gasteiger partial charge on any atom is 0.145 e. The van der Waals surface area contributed by atoms with E-state index >= 15 is 0 Å². The van der Waals surface area contributed by atoms with Gasteiger partial charge in [0.05, 0.1) is 33.3 Å². The summed E-state index contributed by atoms with van der Waals surface area (Å²) < 4.78 is 4.66. The average Bonchev–Trinajstić information content (AvgIpc) is 3.81. The molecule has 0 bridgehead atoms. The van der Waals surface area contributed by atoms with E-state index in [9.17, 15) is 0 Å². The van der Waals surface area contributed by atoms with Gasteiger partial charge in [-0.2, -0.15) is 0 Å². The second-order valence-electron chi connectivity index (χ2n) is 13.8. The minimum atomic E-state index is 0.930. The predicted molar refractivity (Wildman–Crippen MR) is 225 cm³/mol. The molecule has 0 radical (unpaired) electrons. The van der Waals surface area contributed by atoms with Crippen LogP contribution in [0.25, 0.3) is 99.7 Å². The molecule has 0 atom stereocenters. The minimum Gasteiger partial charge on any atom is -0.309 e. The van der Waals surface area contributed by atoms with Gasteiger partial charge in [-0.1, -0.05) is 146 Å². The molecule has 0 aliphatic carbocycles. The fourth-order valence-corrected chi connectivity index (χ4v) is 8.25. The van der Waals surface area contributed by atoms with Gasteiger partial charge in [0.2, 0.25) is 0 Å². The first-order valence-electron chi connectivity index (χ1n) is 18.3. The van der Waals surface area contributed by atoms with Crippen molar-refractivity contribution in [2.45, 2.75) is 0 Å². The molecule has 0 spiro atoms. The quantitative estimate of drug-likeness (QED) is 0.169. The zero-order valence-corrected chi connectivity index (χ0v) is 29.3. The van der Waals surface area contributed by atoms with Gasteiger partial charge in [-0.25, -0.2) is 9.97 Å². The Morgan fingerprint density at radius 2 is 0.833 bits per heavy atom. The Bertz CT molecular complexity index is 3170. The van der Waals surface area contributed by atoms with Crippen molar-refractivity contribution in [2.75, 3.05) is 0 Å². The fourth-order valence-electron chi connectivity index (χ4n) is 8.25. The molecule has 0 saturated heterocycles. The second-order valence-corrected chi connectivity index (χ2v) is 13.8. The van der Waals surface area contributed by atoms with Crippen molar-refractivity contribution in [3.05, 3.63) is 194 Å². The first-order chi connectivity index (χ1) is 26.8. The van der Waals surface area contributed by atoms with E-state index in [1.54, 1.807) is 0 Å². The van der Waals surface area contributed by atoms with E-state index in [4.69, 9.17) is 9.97 Å². The van der Waals surface area contributed by atoms with Crippen LogP contribution < -0.4 is 0 Å². The van der Waals surface area contributed by atoms with Crippen LogP contribution in [0.5, 0.6) is 0 Å². The van der Waals surface area contributed by atoms with Gasteiger partial charge < -0.3 is 4.57 Å². The smallest absolute Gasteiger partial charge is 0.145 e. The summed E-state index contributed by atoms with van der Waals surface area (Å²) >= 11 is 0. The lowest BCUT2D eigenvalue weighted by Gasteiger charge is -2.14. The summed E-state index contributed by atoms with van der Waals surface area (Å²) in [4.78, 5) is 10.4. The number of imidazole rings is 1. The standard InChI is InChI=1S/C50H32N4/c1-3-13-37(14-4-1)53-45-21-11-8-17-39(45)40-31-32-42-47(49(40)53)41-18-7-9-19-43(41)51-48(42)35-27-23-33(24-28-35)34-25-29-36(30-26-34)50-52-44-20-10-12-22-46(44)54(50)38-15-5-2-6-16-38/h1-32H. The van der Waals surface area contributed by atoms with Crippen LogP contribution in [0.2, 0.25) is 0 Å². The molecule has 4 heteroatoms. The van der Waals surface area contributed by atoms with Crippen LogP contribution >= 0.6 is 0 Å². The monoisotopic (exact) mass is 688 g/mol. The predicted octanol–water partition coefficient (Wildman–Crippen LogP) is 12.8. The van der Waals surface area contributed by atoms with Crippen LogP contribution in [-0.4, -0.2) is 19.1 Å². The van der Waals surface area contributed by atoms with Crippen LogP contribution in [0.3, 0.4) is 0 Å². The maximum absolute atomic E-state index is 5.32. The Morgan fingerprint density at radius 3 is 1.54 bits per heavy atom. The van der Waals surface area contributed by atoms with E-state index in [-0.39, 0.29) is 0 Å². The lowest BCUT2D eigenvalue weighted by molar-refractivity contribution is 1.10. The van der Waals surface area contributed by atoms with E-state index in [0.717, 1.165) is 72.5 Å². The van der Waals surface area contributed by atoms with Crippen molar-refractivity contribution < 1.29 is 0 Å². The van der Waals surface area contributed by atoms with Crippen molar-refractivity contribution in [3.63, 3.8) is 0 Å². The van der Waals surface area contributed by atoms with Crippen LogP contribution in [0, 0.1) is 0 Å². The van der Waals surface area contributed by atoms with E-state index in [1.165, 1.54) is 27.2 Å². The molecule has 3 aromatic heterocycles. The van der Waals surface area contributed by atoms with Crippen molar-refractivity contribution >= 4 is 54.5 Å². The molecule has 4 nitrogen and oxygen atoms in total. The summed E-state index contributed by atoms with van der Waals surface area (Å²) in [6.07, 6.45) is 0. The molecule has 3 heterocycles. The lowest BCUT2D eigenvalue weighted by Crippen LogP contribution is -1.97. The maximum atomic E-state index is 5.32. The number of hydrogen-bond acceptors (Lipinski definition) is 2. The van der Waals surface area contributed by atoms with E-state index < -0.39 is 0 Å². The molecular weight excluding hydrogens is 657 g/mol. The third kappa shape index (κ3) is 4.70. The van der Waals surface area contributed by atoms with Crippen LogP contribution in [-0.2, 0) is 0 Å². The third-order valence-electron chi connectivity index (χ3n) is 10.7. The highest BCUT2D eigenvalue weighted by molar-refractivity contribution is 6.26. The first-order valence-corrected chi connectivity index (χ1v) is 18.3. The summed E-state index contributed by atoms with van der Waals surface area (Å²) in [5, 5.41) is 5.99. The topological polar surface area (TPSA) is 35.6 Å². The number of fused-ring (bicyclic) bond motifs is 8. The summed E-state index contributed by atoms with van der Waals surface area (Å²) in [7, 11) is 0. The first kappa shape index (κ1) is 30.3. The number of rotatable bonds is 5. The average molecular weight is 689 g/mol. The van der Waals surface area contributed by atoms with E-state index in [2.05, 4.69) is 191 Å². The molecule has 0 N–H and O–H groups in total. The normalized spacial score (nSPS) is 11.7. The highest BCUT2D eigenvalue weighted by Crippen LogP contribution is 2.42. The molecule has 0 fully saturated rings. The van der Waals surface area contributed by atoms with E-state index in [0.29, 0.717) is 0 Å². The second kappa shape index (κ2) is 12.1. The Balaban J connectivity index is 1.03. The molecule has 0 aliphatic rings. The number of hydrogen-bond donors (Lipinski definition) is 0. The van der Waals surface area contributed by atoms with Gasteiger partial charge in [0.15, 0.2) is 0 Å². The summed E-state index contributed by atoms with van der Waals surface area (Å²) in [5.41, 5.74) is 13.1. The van der Waals surface area contributed by atoms with Gasteiger partial charge in [-0.15, -0.1) is 0 Å². The Labute approximate surface area is 311 Å². The molecular formula is C50H32N4. The minimum absolute atomic E-state index is 0.930.